The number of rotatable bonds is 7. The number of para-hydroxylation sites is 1. The van der Waals surface area contributed by atoms with E-state index in [4.69, 9.17) is 9.47 Å². The van der Waals surface area contributed by atoms with Gasteiger partial charge in [-0.25, -0.2) is 4.98 Å². The zero-order valence-corrected chi connectivity index (χ0v) is 20.3. The molecule has 0 aliphatic carbocycles. The number of benzene rings is 2. The van der Waals surface area contributed by atoms with E-state index in [9.17, 15) is 9.59 Å². The Morgan fingerprint density at radius 3 is 2.44 bits per heavy atom. The van der Waals surface area contributed by atoms with Gasteiger partial charge in [0.1, 0.15) is 22.2 Å². The molecule has 0 radical (unpaired) electrons. The third kappa shape index (κ3) is 5.56. The van der Waals surface area contributed by atoms with E-state index in [2.05, 4.69) is 4.98 Å². The van der Waals surface area contributed by atoms with Crippen molar-refractivity contribution in [3.05, 3.63) is 65.2 Å². The van der Waals surface area contributed by atoms with Gasteiger partial charge in [-0.15, -0.1) is 11.3 Å². The summed E-state index contributed by atoms with van der Waals surface area (Å²) in [5.41, 5.74) is 2.42. The molecule has 1 aliphatic heterocycles. The highest BCUT2D eigenvalue weighted by Crippen LogP contribution is 2.32. The maximum atomic E-state index is 13.1. The molecule has 1 fully saturated rings. The zero-order valence-electron chi connectivity index (χ0n) is 19.5. The van der Waals surface area contributed by atoms with E-state index in [-0.39, 0.29) is 11.8 Å². The van der Waals surface area contributed by atoms with E-state index in [1.165, 1.54) is 11.3 Å². The summed E-state index contributed by atoms with van der Waals surface area (Å²) < 4.78 is 10.6. The van der Waals surface area contributed by atoms with Gasteiger partial charge in [-0.1, -0.05) is 24.3 Å². The molecular formula is C26H29N3O4S. The van der Waals surface area contributed by atoms with E-state index in [0.29, 0.717) is 44.7 Å². The number of methoxy groups -OCH3 is 2. The molecule has 0 atom stereocenters. The van der Waals surface area contributed by atoms with Crippen LogP contribution in [0.25, 0.3) is 10.6 Å². The number of hydrogen-bond acceptors (Lipinski definition) is 6. The lowest BCUT2D eigenvalue weighted by atomic mass is 10.1. The van der Waals surface area contributed by atoms with Crippen molar-refractivity contribution < 1.29 is 19.1 Å². The van der Waals surface area contributed by atoms with Crippen molar-refractivity contribution in [2.24, 2.45) is 0 Å². The molecule has 34 heavy (non-hydrogen) atoms. The van der Waals surface area contributed by atoms with E-state index >= 15 is 0 Å². The van der Waals surface area contributed by atoms with Crippen LogP contribution in [0.4, 0.5) is 0 Å². The first kappa shape index (κ1) is 23.8. The normalized spacial score (nSPS) is 13.9. The van der Waals surface area contributed by atoms with E-state index in [1.807, 2.05) is 53.4 Å². The Balaban J connectivity index is 1.33. The average molecular weight is 480 g/mol. The molecule has 7 nitrogen and oxygen atoms in total. The molecule has 0 N–H and O–H groups in total. The predicted octanol–water partition coefficient (Wildman–Crippen LogP) is 4.13. The summed E-state index contributed by atoms with van der Waals surface area (Å²) >= 11 is 1.43. The van der Waals surface area contributed by atoms with Gasteiger partial charge in [0.15, 0.2) is 0 Å². The number of aromatic nitrogens is 1. The van der Waals surface area contributed by atoms with Crippen LogP contribution in [0.3, 0.4) is 0 Å². The highest BCUT2D eigenvalue weighted by Gasteiger charge is 2.24. The molecule has 0 spiro atoms. The van der Waals surface area contributed by atoms with Gasteiger partial charge in [0.2, 0.25) is 5.91 Å². The molecule has 1 aromatic heterocycles. The molecule has 3 aromatic rings. The van der Waals surface area contributed by atoms with Crippen molar-refractivity contribution in [1.29, 1.82) is 0 Å². The molecule has 178 valence electrons. The quantitative estimate of drug-likeness (QED) is 0.509. The summed E-state index contributed by atoms with van der Waals surface area (Å²) in [4.78, 5) is 34.2. The van der Waals surface area contributed by atoms with Gasteiger partial charge in [0.05, 0.1) is 19.8 Å². The topological polar surface area (TPSA) is 72.0 Å². The fourth-order valence-corrected chi connectivity index (χ4v) is 4.87. The van der Waals surface area contributed by atoms with Gasteiger partial charge in [-0.05, 0) is 42.7 Å². The van der Waals surface area contributed by atoms with Crippen molar-refractivity contribution in [3.8, 4) is 22.1 Å². The molecule has 0 bridgehead atoms. The first-order valence-electron chi connectivity index (χ1n) is 11.4. The van der Waals surface area contributed by atoms with Crippen molar-refractivity contribution in [2.45, 2.75) is 19.3 Å². The average Bonchev–Trinajstić information content (AvgIpc) is 3.24. The lowest BCUT2D eigenvalue weighted by Crippen LogP contribution is -2.37. The monoisotopic (exact) mass is 479 g/mol. The van der Waals surface area contributed by atoms with E-state index in [1.54, 1.807) is 24.5 Å². The molecule has 0 unspecified atom stereocenters. The number of carbonyl (C=O) groups excluding carboxylic acids is 2. The summed E-state index contributed by atoms with van der Waals surface area (Å²) in [5.74, 6) is 1.57. The summed E-state index contributed by atoms with van der Waals surface area (Å²) in [7, 11) is 3.26. The number of thiazole rings is 1. The summed E-state index contributed by atoms with van der Waals surface area (Å²) in [6, 6.07) is 15.4. The lowest BCUT2D eigenvalue weighted by molar-refractivity contribution is -0.131. The SMILES string of the molecule is COc1ccc(CCC(=O)N2CCCN(C(=O)c3csc(-c4ccccc4OC)n3)CC2)cc1. The predicted molar refractivity (Wildman–Crippen MR) is 133 cm³/mol. The number of hydrogen-bond donors (Lipinski definition) is 0. The number of nitrogens with zero attached hydrogens (tertiary/aromatic N) is 3. The van der Waals surface area contributed by atoms with Gasteiger partial charge < -0.3 is 19.3 Å². The second-order valence-corrected chi connectivity index (χ2v) is 8.97. The summed E-state index contributed by atoms with van der Waals surface area (Å²) in [6.07, 6.45) is 1.89. The minimum atomic E-state index is -0.0927. The lowest BCUT2D eigenvalue weighted by Gasteiger charge is -2.22. The smallest absolute Gasteiger partial charge is 0.273 e. The minimum Gasteiger partial charge on any atom is -0.497 e. The van der Waals surface area contributed by atoms with Gasteiger partial charge in [-0.3, -0.25) is 9.59 Å². The molecule has 0 saturated carbocycles. The third-order valence-corrected chi connectivity index (χ3v) is 6.86. The van der Waals surface area contributed by atoms with Gasteiger partial charge in [-0.2, -0.15) is 0 Å². The Hall–Kier alpha value is -3.39. The largest absolute Gasteiger partial charge is 0.497 e. The van der Waals surface area contributed by atoms with Crippen LogP contribution < -0.4 is 9.47 Å². The van der Waals surface area contributed by atoms with Crippen molar-refractivity contribution >= 4 is 23.2 Å². The van der Waals surface area contributed by atoms with Crippen LogP contribution in [0.15, 0.2) is 53.9 Å². The van der Waals surface area contributed by atoms with Crippen LogP contribution in [0, 0.1) is 0 Å². The van der Waals surface area contributed by atoms with Crippen LogP contribution >= 0.6 is 11.3 Å². The second kappa shape index (κ2) is 11.2. The second-order valence-electron chi connectivity index (χ2n) is 8.11. The van der Waals surface area contributed by atoms with Crippen LogP contribution in [0.5, 0.6) is 11.5 Å². The van der Waals surface area contributed by atoms with Crippen LogP contribution in [-0.2, 0) is 11.2 Å². The highest BCUT2D eigenvalue weighted by atomic mass is 32.1. The van der Waals surface area contributed by atoms with Gasteiger partial charge >= 0.3 is 0 Å². The minimum absolute atomic E-state index is 0.0927. The zero-order chi connectivity index (χ0) is 23.9. The summed E-state index contributed by atoms with van der Waals surface area (Å²) in [6.45, 7) is 2.32. The Morgan fingerprint density at radius 1 is 0.941 bits per heavy atom. The standard InChI is InChI=1S/C26H29N3O4S/c1-32-20-11-8-19(9-12-20)10-13-24(30)28-14-5-15-29(17-16-28)26(31)22-18-34-25(27-22)21-6-3-4-7-23(21)33-2/h3-4,6-9,11-12,18H,5,10,13-17H2,1-2H3. The van der Waals surface area contributed by atoms with Crippen LogP contribution in [0.1, 0.15) is 28.9 Å². The van der Waals surface area contributed by atoms with E-state index < -0.39 is 0 Å². The van der Waals surface area contributed by atoms with Crippen molar-refractivity contribution in [1.82, 2.24) is 14.8 Å². The van der Waals surface area contributed by atoms with Crippen LogP contribution in [0.2, 0.25) is 0 Å². The molecule has 1 aliphatic rings. The molecule has 2 amide bonds. The molecule has 8 heteroatoms. The Morgan fingerprint density at radius 2 is 1.68 bits per heavy atom. The molecule has 2 heterocycles. The Bertz CT molecular complexity index is 1130. The third-order valence-electron chi connectivity index (χ3n) is 5.98. The first-order chi connectivity index (χ1) is 16.6. The molecule has 1 saturated heterocycles. The fourth-order valence-electron chi connectivity index (χ4n) is 4.05. The van der Waals surface area contributed by atoms with Gasteiger partial charge in [0.25, 0.3) is 5.91 Å². The summed E-state index contributed by atoms with van der Waals surface area (Å²) in [5, 5.41) is 2.55. The number of ether oxygens (including phenoxy) is 2. The first-order valence-corrected chi connectivity index (χ1v) is 12.3. The number of aryl methyl sites for hydroxylation is 1. The van der Waals surface area contributed by atoms with Crippen molar-refractivity contribution in [2.75, 3.05) is 40.4 Å². The maximum Gasteiger partial charge on any atom is 0.273 e. The number of carbonyl (C=O) groups is 2. The highest BCUT2D eigenvalue weighted by molar-refractivity contribution is 7.13. The Labute approximate surface area is 203 Å². The van der Waals surface area contributed by atoms with Crippen LogP contribution in [-0.4, -0.2) is 67.0 Å². The molecule has 4 rings (SSSR count). The van der Waals surface area contributed by atoms with Gasteiger partial charge in [0, 0.05) is 38.0 Å². The number of amides is 2. The maximum absolute atomic E-state index is 13.1. The fraction of sp³-hybridized carbons (Fsp3) is 0.346. The van der Waals surface area contributed by atoms with E-state index in [0.717, 1.165) is 34.1 Å². The van der Waals surface area contributed by atoms with Crippen molar-refractivity contribution in [3.63, 3.8) is 0 Å². The molecule has 2 aromatic carbocycles. The Kier molecular flexibility index (Phi) is 7.80. The molecular weight excluding hydrogens is 450 g/mol.